The van der Waals surface area contributed by atoms with Crippen LogP contribution in [-0.2, 0) is 6.54 Å². The average Bonchev–Trinajstić information content (AvgIpc) is 2.85. The summed E-state index contributed by atoms with van der Waals surface area (Å²) in [7, 11) is 5.79. The molecule has 4 nitrogen and oxygen atoms in total. The van der Waals surface area contributed by atoms with Crippen molar-refractivity contribution in [2.24, 2.45) is 0 Å². The van der Waals surface area contributed by atoms with E-state index in [2.05, 4.69) is 59.3 Å². The Morgan fingerprint density at radius 2 is 2.05 bits per heavy atom. The molecule has 0 aliphatic carbocycles. The smallest absolute Gasteiger partial charge is 0.169 e. The van der Waals surface area contributed by atoms with Gasteiger partial charge in [0.15, 0.2) is 4.67 Å². The van der Waals surface area contributed by atoms with Crippen LogP contribution in [0, 0.1) is 0 Å². The molecule has 0 fully saturated rings. The number of nitrogens with one attached hydrogen (secondary N) is 1. The fraction of sp³-hybridized carbons (Fsp3) is 0.375. The number of anilines is 1. The van der Waals surface area contributed by atoms with Crippen molar-refractivity contribution in [1.82, 2.24) is 4.90 Å². The lowest BCUT2D eigenvalue weighted by Crippen LogP contribution is -2.12. The highest BCUT2D eigenvalue weighted by Crippen LogP contribution is 2.30. The Bertz CT molecular complexity index is 596. The predicted molar refractivity (Wildman–Crippen MR) is 88.8 cm³/mol. The summed E-state index contributed by atoms with van der Waals surface area (Å²) in [6.07, 6.45) is 0. The van der Waals surface area contributed by atoms with Crippen LogP contribution in [0.25, 0.3) is 0 Å². The van der Waals surface area contributed by atoms with E-state index in [9.17, 15) is 0 Å². The summed E-state index contributed by atoms with van der Waals surface area (Å²) in [4.78, 5) is 2.14. The molecule has 1 aromatic heterocycles. The summed E-state index contributed by atoms with van der Waals surface area (Å²) in [6.45, 7) is 2.95. The van der Waals surface area contributed by atoms with Crippen molar-refractivity contribution in [2.45, 2.75) is 19.5 Å². The van der Waals surface area contributed by atoms with Gasteiger partial charge in [0.25, 0.3) is 0 Å². The maximum atomic E-state index is 5.59. The summed E-state index contributed by atoms with van der Waals surface area (Å²) >= 11 is 3.33. The Morgan fingerprint density at radius 3 is 2.62 bits per heavy atom. The van der Waals surface area contributed by atoms with E-state index in [1.54, 1.807) is 7.11 Å². The molecule has 1 N–H and O–H groups in total. The predicted octanol–water partition coefficient (Wildman–Crippen LogP) is 4.29. The van der Waals surface area contributed by atoms with Gasteiger partial charge in [-0.1, -0.05) is 6.07 Å². The van der Waals surface area contributed by atoms with E-state index < -0.39 is 0 Å². The summed E-state index contributed by atoms with van der Waals surface area (Å²) in [5.74, 6) is 1.71. The highest BCUT2D eigenvalue weighted by atomic mass is 79.9. The first kappa shape index (κ1) is 15.9. The molecule has 0 bridgehead atoms. The summed E-state index contributed by atoms with van der Waals surface area (Å²) < 4.78 is 11.8. The number of ether oxygens (including phenoxy) is 1. The second-order valence-corrected chi connectivity index (χ2v) is 6.06. The highest BCUT2D eigenvalue weighted by Gasteiger charge is 2.13. The van der Waals surface area contributed by atoms with E-state index in [0.717, 1.165) is 28.4 Å². The molecule has 0 saturated heterocycles. The molecule has 1 atom stereocenters. The zero-order valence-corrected chi connectivity index (χ0v) is 14.4. The lowest BCUT2D eigenvalue weighted by molar-refractivity contribution is 0.400. The third kappa shape index (κ3) is 4.25. The van der Waals surface area contributed by atoms with Gasteiger partial charge in [0, 0.05) is 6.54 Å². The van der Waals surface area contributed by atoms with E-state index in [0.29, 0.717) is 0 Å². The minimum Gasteiger partial charge on any atom is -0.495 e. The Morgan fingerprint density at radius 1 is 1.29 bits per heavy atom. The Hall–Kier alpha value is -1.46. The zero-order valence-electron chi connectivity index (χ0n) is 12.8. The lowest BCUT2D eigenvalue weighted by Gasteiger charge is -2.18. The van der Waals surface area contributed by atoms with Gasteiger partial charge in [-0.25, -0.2) is 0 Å². The maximum absolute atomic E-state index is 5.59. The van der Waals surface area contributed by atoms with Crippen molar-refractivity contribution in [3.63, 3.8) is 0 Å². The van der Waals surface area contributed by atoms with E-state index in [4.69, 9.17) is 9.15 Å². The quantitative estimate of drug-likeness (QED) is 0.841. The largest absolute Gasteiger partial charge is 0.495 e. The number of nitrogens with zero attached hydrogens (tertiary/aromatic N) is 1. The number of hydrogen-bond acceptors (Lipinski definition) is 4. The zero-order chi connectivity index (χ0) is 15.4. The van der Waals surface area contributed by atoms with Crippen LogP contribution in [-0.4, -0.2) is 26.1 Å². The molecule has 0 radical (unpaired) electrons. The van der Waals surface area contributed by atoms with Crippen LogP contribution in [0.1, 0.15) is 24.3 Å². The van der Waals surface area contributed by atoms with Crippen molar-refractivity contribution in [1.29, 1.82) is 0 Å². The van der Waals surface area contributed by atoms with E-state index >= 15 is 0 Å². The molecule has 0 spiro atoms. The highest BCUT2D eigenvalue weighted by molar-refractivity contribution is 9.10. The van der Waals surface area contributed by atoms with Crippen molar-refractivity contribution in [2.75, 3.05) is 26.5 Å². The van der Waals surface area contributed by atoms with Gasteiger partial charge >= 0.3 is 0 Å². The van der Waals surface area contributed by atoms with E-state index in [1.165, 1.54) is 5.56 Å². The van der Waals surface area contributed by atoms with Crippen LogP contribution in [0.4, 0.5) is 5.69 Å². The van der Waals surface area contributed by atoms with Crippen molar-refractivity contribution < 1.29 is 9.15 Å². The first-order valence-electron chi connectivity index (χ1n) is 6.83. The molecule has 1 heterocycles. The fourth-order valence-electron chi connectivity index (χ4n) is 2.20. The fourth-order valence-corrected chi connectivity index (χ4v) is 2.52. The molecular formula is C16H21BrN2O2. The molecule has 0 saturated carbocycles. The van der Waals surface area contributed by atoms with Gasteiger partial charge in [-0.15, -0.1) is 0 Å². The minimum atomic E-state index is 0.0554. The van der Waals surface area contributed by atoms with Gasteiger partial charge in [-0.05, 0) is 66.8 Å². The Kier molecular flexibility index (Phi) is 5.31. The third-order valence-corrected chi connectivity index (χ3v) is 3.58. The molecule has 114 valence electrons. The number of furan rings is 1. The summed E-state index contributed by atoms with van der Waals surface area (Å²) in [5, 5.41) is 3.45. The summed E-state index contributed by atoms with van der Waals surface area (Å²) in [5.41, 5.74) is 2.20. The Balaban J connectivity index is 2.20. The molecule has 0 aliphatic rings. The molecule has 2 rings (SSSR count). The SMILES string of the molecule is COc1ccc(CN(C)C)cc1NC(C)c1ccc(Br)o1. The molecule has 0 aliphatic heterocycles. The van der Waals surface area contributed by atoms with E-state index in [1.807, 2.05) is 18.2 Å². The van der Waals surface area contributed by atoms with Gasteiger partial charge in [-0.3, -0.25) is 0 Å². The van der Waals surface area contributed by atoms with Crippen LogP contribution < -0.4 is 10.1 Å². The molecule has 21 heavy (non-hydrogen) atoms. The van der Waals surface area contributed by atoms with Gasteiger partial charge in [0.2, 0.25) is 0 Å². The number of halogens is 1. The van der Waals surface area contributed by atoms with Crippen molar-refractivity contribution in [3.8, 4) is 5.75 Å². The van der Waals surface area contributed by atoms with Gasteiger partial charge in [0.1, 0.15) is 11.5 Å². The first-order chi connectivity index (χ1) is 9.99. The molecule has 5 heteroatoms. The molecule has 2 aromatic rings. The molecule has 0 amide bonds. The van der Waals surface area contributed by atoms with Gasteiger partial charge < -0.3 is 19.4 Å². The topological polar surface area (TPSA) is 37.6 Å². The van der Waals surface area contributed by atoms with Crippen molar-refractivity contribution >= 4 is 21.6 Å². The van der Waals surface area contributed by atoms with E-state index in [-0.39, 0.29) is 6.04 Å². The standard InChI is InChI=1S/C16H21BrN2O2/c1-11(14-7-8-16(17)21-14)18-13-9-12(10-19(2)3)5-6-15(13)20-4/h5-9,11,18H,10H2,1-4H3. The molecule has 1 aromatic carbocycles. The second-order valence-electron chi connectivity index (χ2n) is 5.28. The van der Waals surface area contributed by atoms with Crippen LogP contribution in [0.15, 0.2) is 39.4 Å². The Labute approximate surface area is 134 Å². The maximum Gasteiger partial charge on any atom is 0.169 e. The average molecular weight is 353 g/mol. The second kappa shape index (κ2) is 7.00. The third-order valence-electron chi connectivity index (χ3n) is 3.16. The lowest BCUT2D eigenvalue weighted by atomic mass is 10.1. The van der Waals surface area contributed by atoms with Gasteiger partial charge in [-0.2, -0.15) is 0 Å². The number of rotatable bonds is 6. The first-order valence-corrected chi connectivity index (χ1v) is 7.62. The molecule has 1 unspecified atom stereocenters. The van der Waals surface area contributed by atoms with Crippen LogP contribution in [0.2, 0.25) is 0 Å². The minimum absolute atomic E-state index is 0.0554. The number of methoxy groups -OCH3 is 1. The number of benzene rings is 1. The van der Waals surface area contributed by atoms with Crippen LogP contribution >= 0.6 is 15.9 Å². The van der Waals surface area contributed by atoms with Crippen LogP contribution in [0.5, 0.6) is 5.75 Å². The van der Waals surface area contributed by atoms with Crippen LogP contribution in [0.3, 0.4) is 0 Å². The normalized spacial score (nSPS) is 12.5. The monoisotopic (exact) mass is 352 g/mol. The summed E-state index contributed by atoms with van der Waals surface area (Å²) in [6, 6.07) is 10.1. The van der Waals surface area contributed by atoms with Gasteiger partial charge in [0.05, 0.1) is 18.8 Å². The van der Waals surface area contributed by atoms with Crippen molar-refractivity contribution in [3.05, 3.63) is 46.3 Å². The molecular weight excluding hydrogens is 332 g/mol. The number of hydrogen-bond donors (Lipinski definition) is 1.